The fraction of sp³-hybridized carbons (Fsp3) is 0.538. The van der Waals surface area contributed by atoms with E-state index in [1.165, 1.54) is 10.6 Å². The Labute approximate surface area is 119 Å². The first-order valence-corrected chi connectivity index (χ1v) is 8.40. The Balaban J connectivity index is 1.89. The molecular formula is C13H19N3O3S. The van der Waals surface area contributed by atoms with Crippen LogP contribution in [0.1, 0.15) is 28.9 Å². The molecule has 1 amide bonds. The van der Waals surface area contributed by atoms with Crippen LogP contribution in [0, 0.1) is 6.92 Å². The highest BCUT2D eigenvalue weighted by Gasteiger charge is 2.25. The summed E-state index contributed by atoms with van der Waals surface area (Å²) in [6.45, 7) is 2.77. The molecule has 0 spiro atoms. The Bertz CT molecular complexity index is 575. The lowest BCUT2D eigenvalue weighted by Crippen LogP contribution is -2.46. The lowest BCUT2D eigenvalue weighted by atomic mass is 10.1. The molecule has 0 saturated carbocycles. The van der Waals surface area contributed by atoms with Gasteiger partial charge in [-0.1, -0.05) is 0 Å². The number of piperidine rings is 1. The predicted octanol–water partition coefficient (Wildman–Crippen LogP) is 0.544. The molecule has 1 aromatic rings. The minimum atomic E-state index is -3.12. The maximum atomic E-state index is 12.0. The van der Waals surface area contributed by atoms with Crippen LogP contribution in [0.3, 0.4) is 0 Å². The Morgan fingerprint density at radius 1 is 1.35 bits per heavy atom. The number of hydrogen-bond acceptors (Lipinski definition) is 4. The molecule has 1 N–H and O–H groups in total. The topological polar surface area (TPSA) is 79.4 Å². The quantitative estimate of drug-likeness (QED) is 0.883. The van der Waals surface area contributed by atoms with Crippen molar-refractivity contribution >= 4 is 15.9 Å². The second kappa shape index (κ2) is 5.88. The Morgan fingerprint density at radius 2 is 2.00 bits per heavy atom. The summed E-state index contributed by atoms with van der Waals surface area (Å²) in [6, 6.07) is 3.55. The van der Waals surface area contributed by atoms with Gasteiger partial charge in [-0.2, -0.15) is 0 Å². The number of nitrogens with one attached hydrogen (secondary N) is 1. The first-order chi connectivity index (χ1) is 9.36. The molecule has 1 fully saturated rings. The van der Waals surface area contributed by atoms with Crippen molar-refractivity contribution in [1.82, 2.24) is 14.6 Å². The second-order valence-corrected chi connectivity index (χ2v) is 7.08. The molecule has 1 aliphatic heterocycles. The van der Waals surface area contributed by atoms with Crippen LogP contribution in [0.5, 0.6) is 0 Å². The number of aromatic nitrogens is 1. The molecule has 1 saturated heterocycles. The third-order valence-corrected chi connectivity index (χ3v) is 4.73. The number of aryl methyl sites for hydroxylation is 1. The van der Waals surface area contributed by atoms with E-state index in [0.717, 1.165) is 5.69 Å². The zero-order valence-electron chi connectivity index (χ0n) is 11.7. The summed E-state index contributed by atoms with van der Waals surface area (Å²) >= 11 is 0. The monoisotopic (exact) mass is 297 g/mol. The minimum Gasteiger partial charge on any atom is -0.349 e. The van der Waals surface area contributed by atoms with Gasteiger partial charge in [-0.05, 0) is 31.9 Å². The van der Waals surface area contributed by atoms with Gasteiger partial charge in [-0.3, -0.25) is 9.78 Å². The van der Waals surface area contributed by atoms with Gasteiger partial charge >= 0.3 is 0 Å². The number of carbonyl (C=O) groups excluding carboxylic acids is 1. The average molecular weight is 297 g/mol. The average Bonchev–Trinajstić information content (AvgIpc) is 2.39. The van der Waals surface area contributed by atoms with Crippen molar-refractivity contribution < 1.29 is 13.2 Å². The minimum absolute atomic E-state index is 0.0156. The van der Waals surface area contributed by atoms with E-state index in [1.54, 1.807) is 18.3 Å². The predicted molar refractivity (Wildman–Crippen MR) is 75.9 cm³/mol. The molecule has 2 rings (SSSR count). The van der Waals surface area contributed by atoms with Crippen molar-refractivity contribution in [3.63, 3.8) is 0 Å². The van der Waals surface area contributed by atoms with Crippen molar-refractivity contribution in [3.05, 3.63) is 29.6 Å². The van der Waals surface area contributed by atoms with Crippen LogP contribution >= 0.6 is 0 Å². The van der Waals surface area contributed by atoms with E-state index in [-0.39, 0.29) is 11.9 Å². The smallest absolute Gasteiger partial charge is 0.253 e. The molecule has 20 heavy (non-hydrogen) atoms. The van der Waals surface area contributed by atoms with Crippen molar-refractivity contribution in [2.24, 2.45) is 0 Å². The number of carbonyl (C=O) groups is 1. The molecule has 1 aromatic heterocycles. The Hall–Kier alpha value is -1.47. The van der Waals surface area contributed by atoms with Gasteiger partial charge in [-0.15, -0.1) is 0 Å². The fourth-order valence-electron chi connectivity index (χ4n) is 2.20. The first kappa shape index (κ1) is 14.9. The SMILES string of the molecule is Cc1ccc(C(=O)NC2CCN(S(C)(=O)=O)CC2)cn1. The normalized spacial score (nSPS) is 17.9. The standard InChI is InChI=1S/C13H19N3O3S/c1-10-3-4-11(9-14-10)13(17)15-12-5-7-16(8-6-12)20(2,18)19/h3-4,9,12H,5-8H2,1-2H3,(H,15,17). The van der Waals surface area contributed by atoms with E-state index in [9.17, 15) is 13.2 Å². The van der Waals surface area contributed by atoms with E-state index in [0.29, 0.717) is 31.5 Å². The molecule has 0 bridgehead atoms. The van der Waals surface area contributed by atoms with Gasteiger partial charge in [0.2, 0.25) is 10.0 Å². The lowest BCUT2D eigenvalue weighted by Gasteiger charge is -2.30. The summed E-state index contributed by atoms with van der Waals surface area (Å²) in [5, 5.41) is 2.93. The number of hydrogen-bond donors (Lipinski definition) is 1. The molecule has 6 nitrogen and oxygen atoms in total. The highest BCUT2D eigenvalue weighted by molar-refractivity contribution is 7.88. The van der Waals surface area contributed by atoms with Crippen molar-refractivity contribution in [2.45, 2.75) is 25.8 Å². The summed E-state index contributed by atoms with van der Waals surface area (Å²) in [5.74, 6) is -0.157. The maximum Gasteiger partial charge on any atom is 0.253 e. The van der Waals surface area contributed by atoms with Crippen LogP contribution in [-0.2, 0) is 10.0 Å². The molecular weight excluding hydrogens is 278 g/mol. The highest BCUT2D eigenvalue weighted by atomic mass is 32.2. The fourth-order valence-corrected chi connectivity index (χ4v) is 3.08. The number of sulfonamides is 1. The molecule has 0 atom stereocenters. The number of pyridine rings is 1. The van der Waals surface area contributed by atoms with Crippen molar-refractivity contribution in [1.29, 1.82) is 0 Å². The van der Waals surface area contributed by atoms with Gasteiger partial charge in [-0.25, -0.2) is 12.7 Å². The zero-order chi connectivity index (χ0) is 14.8. The third kappa shape index (κ3) is 3.77. The zero-order valence-corrected chi connectivity index (χ0v) is 12.5. The summed E-state index contributed by atoms with van der Waals surface area (Å²) in [5.41, 5.74) is 1.39. The van der Waals surface area contributed by atoms with Crippen LogP contribution in [0.2, 0.25) is 0 Å². The number of rotatable bonds is 3. The summed E-state index contributed by atoms with van der Waals surface area (Å²) in [6.07, 6.45) is 4.04. The molecule has 110 valence electrons. The van der Waals surface area contributed by atoms with Crippen LogP contribution in [0.4, 0.5) is 0 Å². The maximum absolute atomic E-state index is 12.0. The molecule has 0 radical (unpaired) electrons. The molecule has 0 aromatic carbocycles. The molecule has 7 heteroatoms. The van der Waals surface area contributed by atoms with Gasteiger partial charge in [0.1, 0.15) is 0 Å². The lowest BCUT2D eigenvalue weighted by molar-refractivity contribution is 0.0923. The largest absolute Gasteiger partial charge is 0.349 e. The Morgan fingerprint density at radius 3 is 2.50 bits per heavy atom. The molecule has 1 aliphatic rings. The van der Waals surface area contributed by atoms with E-state index >= 15 is 0 Å². The summed E-state index contributed by atoms with van der Waals surface area (Å²) in [4.78, 5) is 16.1. The Kier molecular flexibility index (Phi) is 4.39. The first-order valence-electron chi connectivity index (χ1n) is 6.55. The molecule has 0 aliphatic carbocycles. The third-order valence-electron chi connectivity index (χ3n) is 3.43. The van der Waals surface area contributed by atoms with Crippen molar-refractivity contribution in [2.75, 3.05) is 19.3 Å². The van der Waals surface area contributed by atoms with Crippen LogP contribution in [0.15, 0.2) is 18.3 Å². The van der Waals surface area contributed by atoms with E-state index in [4.69, 9.17) is 0 Å². The van der Waals surface area contributed by atoms with Crippen LogP contribution in [0.25, 0.3) is 0 Å². The number of amides is 1. The van der Waals surface area contributed by atoms with Gasteiger partial charge in [0.15, 0.2) is 0 Å². The summed E-state index contributed by atoms with van der Waals surface area (Å²) in [7, 11) is -3.12. The highest BCUT2D eigenvalue weighted by Crippen LogP contribution is 2.13. The van der Waals surface area contributed by atoms with E-state index < -0.39 is 10.0 Å². The van der Waals surface area contributed by atoms with E-state index in [2.05, 4.69) is 10.3 Å². The van der Waals surface area contributed by atoms with Crippen molar-refractivity contribution in [3.8, 4) is 0 Å². The van der Waals surface area contributed by atoms with Gasteiger partial charge in [0, 0.05) is 31.0 Å². The molecule has 0 unspecified atom stereocenters. The van der Waals surface area contributed by atoms with Gasteiger partial charge in [0.25, 0.3) is 5.91 Å². The van der Waals surface area contributed by atoms with Crippen LogP contribution < -0.4 is 5.32 Å². The second-order valence-electron chi connectivity index (χ2n) is 5.10. The van der Waals surface area contributed by atoms with Gasteiger partial charge in [0.05, 0.1) is 11.8 Å². The van der Waals surface area contributed by atoms with E-state index in [1.807, 2.05) is 6.92 Å². The number of nitrogens with zero attached hydrogens (tertiary/aromatic N) is 2. The van der Waals surface area contributed by atoms with Gasteiger partial charge < -0.3 is 5.32 Å². The summed E-state index contributed by atoms with van der Waals surface area (Å²) < 4.78 is 24.2. The molecule has 2 heterocycles. The van der Waals surface area contributed by atoms with Crippen LogP contribution in [-0.4, -0.2) is 49.0 Å².